The fourth-order valence-corrected chi connectivity index (χ4v) is 2.56. The van der Waals surface area contributed by atoms with Crippen molar-refractivity contribution in [2.45, 2.75) is 6.92 Å². The second-order valence-electron chi connectivity index (χ2n) is 4.07. The number of aromatic nitrogens is 4. The summed E-state index contributed by atoms with van der Waals surface area (Å²) in [6.07, 6.45) is 0. The van der Waals surface area contributed by atoms with Crippen LogP contribution in [-0.4, -0.2) is 20.0 Å². The Labute approximate surface area is 117 Å². The summed E-state index contributed by atoms with van der Waals surface area (Å²) in [6, 6.07) is 8.09. The number of benzene rings is 1. The molecule has 2 aromatic heterocycles. The van der Waals surface area contributed by atoms with Gasteiger partial charge in [0.1, 0.15) is 11.9 Å². The lowest BCUT2D eigenvalue weighted by Gasteiger charge is -1.97. The van der Waals surface area contributed by atoms with Crippen molar-refractivity contribution in [2.75, 3.05) is 0 Å². The fraction of sp³-hybridized carbons (Fsp3) is 0.0769. The van der Waals surface area contributed by atoms with Crippen molar-refractivity contribution in [3.05, 3.63) is 46.9 Å². The van der Waals surface area contributed by atoms with E-state index in [2.05, 4.69) is 15.3 Å². The van der Waals surface area contributed by atoms with E-state index in [1.807, 2.05) is 11.4 Å². The minimum Gasteiger partial charge on any atom is -0.218 e. The first-order valence-electron chi connectivity index (χ1n) is 5.73. The predicted octanol–water partition coefficient (Wildman–Crippen LogP) is 2.71. The molecule has 3 aromatic rings. The van der Waals surface area contributed by atoms with Crippen LogP contribution in [0.2, 0.25) is 0 Å². The van der Waals surface area contributed by atoms with Crippen molar-refractivity contribution in [2.24, 2.45) is 0 Å². The lowest BCUT2D eigenvalue weighted by atomic mass is 10.2. The minimum atomic E-state index is -0.282. The highest BCUT2D eigenvalue weighted by Crippen LogP contribution is 2.24. The number of hydrogen-bond acceptors (Lipinski definition) is 5. The van der Waals surface area contributed by atoms with Gasteiger partial charge in [-0.3, -0.25) is 0 Å². The molecule has 0 radical (unpaired) electrons. The average Bonchev–Trinajstić information content (AvgIpc) is 3.06. The molecule has 1 aromatic carbocycles. The summed E-state index contributed by atoms with van der Waals surface area (Å²) in [7, 11) is 0. The van der Waals surface area contributed by atoms with Crippen molar-refractivity contribution in [3.8, 4) is 22.5 Å². The third-order valence-corrected chi connectivity index (χ3v) is 3.63. The van der Waals surface area contributed by atoms with E-state index in [-0.39, 0.29) is 11.5 Å². The molecule has 20 heavy (non-hydrogen) atoms. The monoisotopic (exact) mass is 285 g/mol. The second kappa shape index (κ2) is 4.83. The maximum absolute atomic E-state index is 12.9. The number of hydrogen-bond donors (Lipinski definition) is 0. The van der Waals surface area contributed by atoms with Crippen LogP contribution in [0.25, 0.3) is 16.4 Å². The molecule has 0 atom stereocenters. The molecular weight excluding hydrogens is 277 g/mol. The summed E-state index contributed by atoms with van der Waals surface area (Å²) in [5.41, 5.74) is 2.49. The Morgan fingerprint density at radius 3 is 2.70 bits per heavy atom. The molecule has 5 nitrogen and oxygen atoms in total. The molecule has 0 fully saturated rings. The largest absolute Gasteiger partial charge is 0.218 e. The molecular formula is C13H8FN5S. The Morgan fingerprint density at radius 2 is 2.05 bits per heavy atom. The van der Waals surface area contributed by atoms with Gasteiger partial charge in [-0.15, -0.1) is 16.4 Å². The van der Waals surface area contributed by atoms with Crippen LogP contribution in [0.4, 0.5) is 4.39 Å². The van der Waals surface area contributed by atoms with Gasteiger partial charge in [-0.1, -0.05) is 5.21 Å². The van der Waals surface area contributed by atoms with Crippen LogP contribution >= 0.6 is 11.3 Å². The zero-order chi connectivity index (χ0) is 14.1. The van der Waals surface area contributed by atoms with Crippen LogP contribution in [0.15, 0.2) is 29.6 Å². The standard InChI is InChI=1S/C13H8FN5S/c1-8-11(6-15)17-18-19(8)13-16-12(7-20-13)9-2-4-10(14)5-3-9/h2-5,7H,1H3. The molecule has 0 N–H and O–H groups in total. The van der Waals surface area contributed by atoms with Crippen molar-refractivity contribution in [1.82, 2.24) is 20.0 Å². The van der Waals surface area contributed by atoms with Crippen LogP contribution < -0.4 is 0 Å². The third-order valence-electron chi connectivity index (χ3n) is 2.81. The third kappa shape index (κ3) is 2.06. The molecule has 3 rings (SSSR count). The van der Waals surface area contributed by atoms with Gasteiger partial charge in [-0.2, -0.15) is 9.94 Å². The van der Waals surface area contributed by atoms with Crippen LogP contribution in [-0.2, 0) is 0 Å². The van der Waals surface area contributed by atoms with Gasteiger partial charge in [0, 0.05) is 10.9 Å². The van der Waals surface area contributed by atoms with E-state index in [0.717, 1.165) is 11.3 Å². The number of rotatable bonds is 2. The molecule has 0 aliphatic heterocycles. The van der Waals surface area contributed by atoms with Crippen molar-refractivity contribution >= 4 is 11.3 Å². The van der Waals surface area contributed by atoms with Gasteiger partial charge in [-0.25, -0.2) is 9.37 Å². The summed E-state index contributed by atoms with van der Waals surface area (Å²) in [6.45, 7) is 1.76. The van der Waals surface area contributed by atoms with Gasteiger partial charge in [0.05, 0.1) is 11.4 Å². The van der Waals surface area contributed by atoms with Crippen LogP contribution in [0.5, 0.6) is 0 Å². The molecule has 0 aliphatic rings. The molecule has 0 bridgehead atoms. The highest BCUT2D eigenvalue weighted by Gasteiger charge is 2.13. The smallest absolute Gasteiger partial charge is 0.212 e. The Hall–Kier alpha value is -2.59. The van der Waals surface area contributed by atoms with E-state index in [1.54, 1.807) is 19.1 Å². The summed E-state index contributed by atoms with van der Waals surface area (Å²) >= 11 is 1.39. The van der Waals surface area contributed by atoms with E-state index >= 15 is 0 Å². The molecule has 0 saturated heterocycles. The lowest BCUT2D eigenvalue weighted by molar-refractivity contribution is 0.628. The topological polar surface area (TPSA) is 67.4 Å². The van der Waals surface area contributed by atoms with Gasteiger partial charge < -0.3 is 0 Å². The molecule has 0 aliphatic carbocycles. The Kier molecular flexibility index (Phi) is 3.00. The Bertz CT molecular complexity index is 797. The van der Waals surface area contributed by atoms with Crippen LogP contribution in [0.3, 0.4) is 0 Å². The molecule has 0 saturated carbocycles. The zero-order valence-corrected chi connectivity index (χ0v) is 11.2. The van der Waals surface area contributed by atoms with Gasteiger partial charge >= 0.3 is 0 Å². The average molecular weight is 285 g/mol. The molecule has 0 spiro atoms. The van der Waals surface area contributed by atoms with E-state index in [9.17, 15) is 4.39 Å². The van der Waals surface area contributed by atoms with Crippen molar-refractivity contribution in [1.29, 1.82) is 5.26 Å². The molecule has 98 valence electrons. The second-order valence-corrected chi connectivity index (χ2v) is 4.91. The first-order valence-corrected chi connectivity index (χ1v) is 6.61. The highest BCUT2D eigenvalue weighted by molar-refractivity contribution is 7.12. The number of nitrogens with zero attached hydrogens (tertiary/aromatic N) is 5. The van der Waals surface area contributed by atoms with Gasteiger partial charge in [-0.05, 0) is 31.2 Å². The maximum Gasteiger partial charge on any atom is 0.212 e. The number of thiazole rings is 1. The molecule has 0 amide bonds. The zero-order valence-electron chi connectivity index (χ0n) is 10.4. The summed E-state index contributed by atoms with van der Waals surface area (Å²) in [5.74, 6) is -0.282. The van der Waals surface area contributed by atoms with E-state index in [0.29, 0.717) is 10.8 Å². The first-order chi connectivity index (χ1) is 9.69. The van der Waals surface area contributed by atoms with Crippen LogP contribution in [0.1, 0.15) is 11.4 Å². The molecule has 2 heterocycles. The van der Waals surface area contributed by atoms with Gasteiger partial charge in [0.15, 0.2) is 5.69 Å². The highest BCUT2D eigenvalue weighted by atomic mass is 32.1. The first kappa shape index (κ1) is 12.4. The SMILES string of the molecule is Cc1c(C#N)nnn1-c1nc(-c2ccc(F)cc2)cs1. The molecule has 0 unspecified atom stereocenters. The van der Waals surface area contributed by atoms with E-state index < -0.39 is 0 Å². The van der Waals surface area contributed by atoms with Crippen molar-refractivity contribution < 1.29 is 4.39 Å². The number of nitriles is 1. The predicted molar refractivity (Wildman–Crippen MR) is 71.9 cm³/mol. The lowest BCUT2D eigenvalue weighted by Crippen LogP contribution is -1.98. The maximum atomic E-state index is 12.9. The Balaban J connectivity index is 2.00. The van der Waals surface area contributed by atoms with Crippen LogP contribution in [0, 0.1) is 24.1 Å². The van der Waals surface area contributed by atoms with E-state index in [4.69, 9.17) is 5.26 Å². The summed E-state index contributed by atoms with van der Waals surface area (Å²) in [5, 5.41) is 19.0. The number of halogens is 1. The Morgan fingerprint density at radius 1 is 1.30 bits per heavy atom. The van der Waals surface area contributed by atoms with E-state index in [1.165, 1.54) is 28.2 Å². The van der Waals surface area contributed by atoms with Gasteiger partial charge in [0.2, 0.25) is 5.13 Å². The quantitative estimate of drug-likeness (QED) is 0.726. The normalized spacial score (nSPS) is 10.4. The summed E-state index contributed by atoms with van der Waals surface area (Å²) < 4.78 is 14.4. The summed E-state index contributed by atoms with van der Waals surface area (Å²) in [4.78, 5) is 4.44. The van der Waals surface area contributed by atoms with Crippen molar-refractivity contribution in [3.63, 3.8) is 0 Å². The fourth-order valence-electron chi connectivity index (χ4n) is 1.73. The minimum absolute atomic E-state index is 0.281. The van der Waals surface area contributed by atoms with Gasteiger partial charge in [0.25, 0.3) is 0 Å². The molecule has 7 heteroatoms.